The van der Waals surface area contributed by atoms with E-state index in [1.165, 1.54) is 11.1 Å². The lowest BCUT2D eigenvalue weighted by molar-refractivity contribution is 0.0518. The summed E-state index contributed by atoms with van der Waals surface area (Å²) in [6.07, 6.45) is 2.00. The Balaban J connectivity index is 1.85. The number of fused-ring (bicyclic) bond motifs is 1. The highest BCUT2D eigenvalue weighted by atomic mass is 79.9. The van der Waals surface area contributed by atoms with Gasteiger partial charge in [0.1, 0.15) is 0 Å². The summed E-state index contributed by atoms with van der Waals surface area (Å²) in [5.74, 6) is 0. The Labute approximate surface area is 126 Å². The second-order valence-electron chi connectivity index (χ2n) is 5.26. The molecule has 2 aromatic carbocycles. The highest BCUT2D eigenvalue weighted by molar-refractivity contribution is 9.10. The molecular formula is C16H14BrClO. The first-order chi connectivity index (χ1) is 9.06. The van der Waals surface area contributed by atoms with Crippen molar-refractivity contribution in [1.82, 2.24) is 0 Å². The van der Waals surface area contributed by atoms with Crippen LogP contribution in [0.5, 0.6) is 0 Å². The van der Waals surface area contributed by atoms with E-state index in [2.05, 4.69) is 28.1 Å². The summed E-state index contributed by atoms with van der Waals surface area (Å²) in [4.78, 5) is 0. The maximum Gasteiger partial charge on any atom is 0.0768 e. The van der Waals surface area contributed by atoms with Crippen LogP contribution in [0.15, 0.2) is 46.9 Å². The van der Waals surface area contributed by atoms with E-state index >= 15 is 0 Å². The second kappa shape index (κ2) is 4.93. The van der Waals surface area contributed by atoms with Crippen molar-refractivity contribution in [3.63, 3.8) is 0 Å². The summed E-state index contributed by atoms with van der Waals surface area (Å²) >= 11 is 9.64. The topological polar surface area (TPSA) is 20.2 Å². The predicted octanol–water partition coefficient (Wildman–Crippen LogP) is 4.17. The molecule has 0 fully saturated rings. The van der Waals surface area contributed by atoms with Gasteiger partial charge in [-0.1, -0.05) is 57.9 Å². The Morgan fingerprint density at radius 2 is 1.74 bits per heavy atom. The molecule has 0 radical (unpaired) electrons. The molecule has 1 aliphatic carbocycles. The van der Waals surface area contributed by atoms with E-state index in [0.717, 1.165) is 10.0 Å². The summed E-state index contributed by atoms with van der Waals surface area (Å²) in [7, 11) is 0. The molecule has 0 saturated heterocycles. The maximum atomic E-state index is 10.8. The van der Waals surface area contributed by atoms with Crippen LogP contribution in [0.3, 0.4) is 0 Å². The number of aliphatic hydroxyl groups is 1. The molecule has 0 spiro atoms. The largest absolute Gasteiger partial charge is 0.389 e. The molecule has 98 valence electrons. The summed E-state index contributed by atoms with van der Waals surface area (Å²) in [5.41, 5.74) is 2.79. The normalized spacial score (nSPS) is 16.4. The Kier molecular flexibility index (Phi) is 3.42. The van der Waals surface area contributed by atoms with Crippen LogP contribution in [0.25, 0.3) is 0 Å². The molecule has 1 nitrogen and oxygen atoms in total. The molecule has 1 aliphatic rings. The Bertz CT molecular complexity index is 599. The van der Waals surface area contributed by atoms with Gasteiger partial charge in [-0.3, -0.25) is 0 Å². The third kappa shape index (κ3) is 2.71. The van der Waals surface area contributed by atoms with Crippen molar-refractivity contribution in [2.24, 2.45) is 0 Å². The van der Waals surface area contributed by atoms with Crippen molar-refractivity contribution in [2.45, 2.75) is 24.9 Å². The molecule has 19 heavy (non-hydrogen) atoms. The molecule has 0 unspecified atom stereocenters. The SMILES string of the molecule is OC1(Cc2ccc(Br)cc2Cl)Cc2ccccc2C1. The van der Waals surface area contributed by atoms with Crippen LogP contribution in [-0.2, 0) is 19.3 Å². The Morgan fingerprint density at radius 3 is 2.32 bits per heavy atom. The van der Waals surface area contributed by atoms with E-state index in [4.69, 9.17) is 11.6 Å². The van der Waals surface area contributed by atoms with Crippen LogP contribution in [0.2, 0.25) is 5.02 Å². The van der Waals surface area contributed by atoms with E-state index in [1.807, 2.05) is 30.3 Å². The van der Waals surface area contributed by atoms with Gasteiger partial charge >= 0.3 is 0 Å². The molecule has 0 heterocycles. The van der Waals surface area contributed by atoms with Gasteiger partial charge in [-0.05, 0) is 28.8 Å². The zero-order valence-electron chi connectivity index (χ0n) is 10.4. The molecule has 3 rings (SSSR count). The van der Waals surface area contributed by atoms with Crippen LogP contribution in [0, 0.1) is 0 Å². The van der Waals surface area contributed by atoms with Crippen molar-refractivity contribution < 1.29 is 5.11 Å². The lowest BCUT2D eigenvalue weighted by atomic mass is 9.91. The highest BCUT2D eigenvalue weighted by Crippen LogP contribution is 2.34. The van der Waals surface area contributed by atoms with E-state index in [1.54, 1.807) is 0 Å². The van der Waals surface area contributed by atoms with Crippen molar-refractivity contribution in [2.75, 3.05) is 0 Å². The third-order valence-corrected chi connectivity index (χ3v) is 4.54. The van der Waals surface area contributed by atoms with E-state index in [-0.39, 0.29) is 0 Å². The summed E-state index contributed by atoms with van der Waals surface area (Å²) < 4.78 is 0.961. The van der Waals surface area contributed by atoms with Crippen molar-refractivity contribution in [1.29, 1.82) is 0 Å². The number of halogens is 2. The summed E-state index contributed by atoms with van der Waals surface area (Å²) in [6, 6.07) is 14.1. The van der Waals surface area contributed by atoms with E-state index in [9.17, 15) is 5.11 Å². The van der Waals surface area contributed by atoms with Gasteiger partial charge in [0, 0.05) is 28.8 Å². The standard InChI is InChI=1S/C16H14BrClO/c17-14-6-5-13(15(18)7-14)10-16(19)8-11-3-1-2-4-12(11)9-16/h1-7,19H,8-10H2. The average molecular weight is 338 g/mol. The van der Waals surface area contributed by atoms with E-state index < -0.39 is 5.60 Å². The Hall–Kier alpha value is -0.830. The fraction of sp³-hybridized carbons (Fsp3) is 0.250. The van der Waals surface area contributed by atoms with Gasteiger partial charge in [0.15, 0.2) is 0 Å². The first-order valence-electron chi connectivity index (χ1n) is 6.29. The molecular weight excluding hydrogens is 324 g/mol. The smallest absolute Gasteiger partial charge is 0.0768 e. The van der Waals surface area contributed by atoms with Crippen LogP contribution in [-0.4, -0.2) is 10.7 Å². The summed E-state index contributed by atoms with van der Waals surface area (Å²) in [5, 5.41) is 11.5. The predicted molar refractivity (Wildman–Crippen MR) is 81.7 cm³/mol. The minimum Gasteiger partial charge on any atom is -0.389 e. The zero-order chi connectivity index (χ0) is 13.5. The van der Waals surface area contributed by atoms with Crippen molar-refractivity contribution in [3.8, 4) is 0 Å². The zero-order valence-corrected chi connectivity index (χ0v) is 12.7. The lowest BCUT2D eigenvalue weighted by Gasteiger charge is -2.23. The van der Waals surface area contributed by atoms with Gasteiger partial charge in [0.2, 0.25) is 0 Å². The number of hydrogen-bond donors (Lipinski definition) is 1. The molecule has 0 aliphatic heterocycles. The van der Waals surface area contributed by atoms with Gasteiger partial charge in [-0.25, -0.2) is 0 Å². The van der Waals surface area contributed by atoms with Gasteiger partial charge in [-0.2, -0.15) is 0 Å². The van der Waals surface area contributed by atoms with Gasteiger partial charge in [-0.15, -0.1) is 0 Å². The monoisotopic (exact) mass is 336 g/mol. The number of rotatable bonds is 2. The maximum absolute atomic E-state index is 10.8. The van der Waals surface area contributed by atoms with Crippen LogP contribution < -0.4 is 0 Å². The first-order valence-corrected chi connectivity index (χ1v) is 7.46. The molecule has 0 saturated carbocycles. The second-order valence-corrected chi connectivity index (χ2v) is 6.58. The molecule has 3 heteroatoms. The number of benzene rings is 2. The lowest BCUT2D eigenvalue weighted by Crippen LogP contribution is -2.32. The molecule has 2 aromatic rings. The average Bonchev–Trinajstić information content (AvgIpc) is 2.69. The molecule has 0 bridgehead atoms. The quantitative estimate of drug-likeness (QED) is 0.872. The highest BCUT2D eigenvalue weighted by Gasteiger charge is 2.35. The van der Waals surface area contributed by atoms with E-state index in [0.29, 0.717) is 24.3 Å². The molecule has 1 N–H and O–H groups in total. The fourth-order valence-corrected chi connectivity index (χ4v) is 3.56. The fourth-order valence-electron chi connectivity index (χ4n) is 2.82. The summed E-state index contributed by atoms with van der Waals surface area (Å²) in [6.45, 7) is 0. The van der Waals surface area contributed by atoms with Gasteiger partial charge in [0.05, 0.1) is 5.60 Å². The van der Waals surface area contributed by atoms with Gasteiger partial charge < -0.3 is 5.11 Å². The third-order valence-electron chi connectivity index (χ3n) is 3.69. The van der Waals surface area contributed by atoms with Crippen LogP contribution in [0.1, 0.15) is 16.7 Å². The van der Waals surface area contributed by atoms with Gasteiger partial charge in [0.25, 0.3) is 0 Å². The van der Waals surface area contributed by atoms with Crippen LogP contribution in [0.4, 0.5) is 0 Å². The van der Waals surface area contributed by atoms with Crippen molar-refractivity contribution in [3.05, 3.63) is 68.7 Å². The molecule has 0 atom stereocenters. The first kappa shape index (κ1) is 13.2. The minimum absolute atomic E-state index is 0.591. The minimum atomic E-state index is -0.707. The van der Waals surface area contributed by atoms with Crippen molar-refractivity contribution >= 4 is 27.5 Å². The number of hydrogen-bond acceptors (Lipinski definition) is 1. The van der Waals surface area contributed by atoms with Crippen LogP contribution >= 0.6 is 27.5 Å². The Morgan fingerprint density at radius 1 is 1.11 bits per heavy atom. The molecule has 0 amide bonds. The molecule has 0 aromatic heterocycles.